The number of hydrogen-bond donors (Lipinski definition) is 5. The lowest BCUT2D eigenvalue weighted by Gasteiger charge is -2.39. The van der Waals surface area contributed by atoms with Crippen LogP contribution in [0.4, 0.5) is 8.78 Å². The number of methoxy groups -OCH3 is 1. The zero-order valence-electron chi connectivity index (χ0n) is 52.3. The van der Waals surface area contributed by atoms with Crippen molar-refractivity contribution in [1.82, 2.24) is 35.6 Å². The van der Waals surface area contributed by atoms with E-state index in [4.69, 9.17) is 31.5 Å². The van der Waals surface area contributed by atoms with Crippen molar-refractivity contribution in [2.24, 2.45) is 17.1 Å². The van der Waals surface area contributed by atoms with Gasteiger partial charge >= 0.3 is 0 Å². The topological polar surface area (TPSA) is 235 Å². The van der Waals surface area contributed by atoms with Gasteiger partial charge in [0.05, 0.1) is 58.1 Å². The molecule has 4 aliphatic heterocycles. The van der Waals surface area contributed by atoms with E-state index in [2.05, 4.69) is 20.9 Å². The molecule has 1 aromatic heterocycles. The summed E-state index contributed by atoms with van der Waals surface area (Å²) < 4.78 is 50.8. The molecule has 6 N–H and O–H groups in total. The zero-order chi connectivity index (χ0) is 64.3. The molecule has 5 aliphatic rings. The van der Waals surface area contributed by atoms with Crippen LogP contribution in [0, 0.1) is 29.9 Å². The van der Waals surface area contributed by atoms with Crippen LogP contribution >= 0.6 is 22.9 Å². The number of thiazole rings is 1. The lowest BCUT2D eigenvalue weighted by molar-refractivity contribution is -0.144. The Kier molecular flexibility index (Phi) is 20.4. The highest BCUT2D eigenvalue weighted by Crippen LogP contribution is 2.57. The number of aromatic nitrogens is 1. The number of nitrogens with zero attached hydrogens (tertiary/aromatic N) is 4. The molecule has 4 aromatic carbocycles. The minimum atomic E-state index is -1.11. The standard InChI is InChI=1S/C68H83ClF2N8O10S/c1-38-56-53(34-50(70)59(69)58(56)57-49(63(72)83)21-22-52(87-7)60(57)71)89-68(38,44-11-9-8-10-12-44)36-73-45-19-17-43(18-20-45)65(85)78-31-27-48(28-32-78)88-47-25-29-77(30-26-47)55(82)24-23-54(81)76-62(67(4,5)6)66(86)79-35-46(80)33-51(79)64(84)75-39(2)41-13-15-42(16-14-41)61-40(3)74-37-90-61/h8-16,21-22,34,37-39,43,45-48,51,62,73,80H,17-20,23-33,35-36H2,1-7H3,(H2,72,83)(H,75,84)(H,76,81)/t38-,39-,43?,45?,46+,51-,62+,68-/m0/s1. The van der Waals surface area contributed by atoms with E-state index in [1.54, 1.807) is 21.7 Å². The van der Waals surface area contributed by atoms with Crippen molar-refractivity contribution in [3.05, 3.63) is 123 Å². The van der Waals surface area contributed by atoms with Gasteiger partial charge in [0.25, 0.3) is 0 Å². The van der Waals surface area contributed by atoms with Crippen molar-refractivity contribution < 1.29 is 56.9 Å². The zero-order valence-corrected chi connectivity index (χ0v) is 53.8. The van der Waals surface area contributed by atoms with Gasteiger partial charge in [0.2, 0.25) is 35.4 Å². The van der Waals surface area contributed by atoms with Crippen LogP contribution in [0.3, 0.4) is 0 Å². The molecule has 1 saturated carbocycles. The molecule has 22 heteroatoms. The highest BCUT2D eigenvalue weighted by Gasteiger charge is 2.51. The molecule has 10 rings (SSSR count). The van der Waals surface area contributed by atoms with Gasteiger partial charge in [0, 0.05) is 99.2 Å². The van der Waals surface area contributed by atoms with Crippen molar-refractivity contribution in [1.29, 1.82) is 0 Å². The molecule has 5 aromatic rings. The van der Waals surface area contributed by atoms with Gasteiger partial charge in [-0.05, 0) is 99.5 Å². The van der Waals surface area contributed by atoms with Crippen LogP contribution in [0.15, 0.2) is 78.3 Å². The van der Waals surface area contributed by atoms with E-state index < -0.39 is 70.4 Å². The molecule has 482 valence electrons. The number of β-amino-alcohol motifs (C(OH)–C–C–N with tert-alkyl or cyclic N) is 1. The molecule has 6 amide bonds. The Bertz CT molecular complexity index is 3460. The van der Waals surface area contributed by atoms with Crippen LogP contribution < -0.4 is 31.2 Å². The number of carbonyl (C=O) groups excluding carboxylic acids is 6. The Morgan fingerprint density at radius 3 is 2.14 bits per heavy atom. The molecule has 0 spiro atoms. The number of nitrogens with one attached hydrogen (secondary N) is 3. The van der Waals surface area contributed by atoms with E-state index in [0.717, 1.165) is 40.1 Å². The monoisotopic (exact) mass is 1280 g/mol. The molecule has 90 heavy (non-hydrogen) atoms. The van der Waals surface area contributed by atoms with Crippen molar-refractivity contribution in [3.8, 4) is 33.1 Å². The third-order valence-corrected chi connectivity index (χ3v) is 20.4. The Labute approximate surface area is 533 Å². The van der Waals surface area contributed by atoms with E-state index in [1.807, 2.05) is 101 Å². The van der Waals surface area contributed by atoms with E-state index in [-0.39, 0.29) is 108 Å². The number of primary amides is 1. The summed E-state index contributed by atoms with van der Waals surface area (Å²) in [6.07, 6.45) is 4.45. The van der Waals surface area contributed by atoms with Gasteiger partial charge < -0.3 is 55.7 Å². The quantitative estimate of drug-likeness (QED) is 0.0520. The van der Waals surface area contributed by atoms with Crippen LogP contribution in [-0.2, 0) is 34.3 Å². The first-order chi connectivity index (χ1) is 43.0. The maximum Gasteiger partial charge on any atom is 0.249 e. The average molecular weight is 1280 g/mol. The maximum atomic E-state index is 16.3. The van der Waals surface area contributed by atoms with Crippen LogP contribution in [0.2, 0.25) is 5.02 Å². The van der Waals surface area contributed by atoms with E-state index in [1.165, 1.54) is 30.2 Å². The number of aliphatic hydroxyl groups excluding tert-OH is 1. The number of piperidine rings is 2. The molecule has 0 bridgehead atoms. The Morgan fingerprint density at radius 1 is 0.878 bits per heavy atom. The summed E-state index contributed by atoms with van der Waals surface area (Å²) >= 11 is 8.28. The molecular formula is C68H83ClF2N8O10S. The Balaban J connectivity index is 0.655. The molecular weight excluding hydrogens is 1190 g/mol. The smallest absolute Gasteiger partial charge is 0.249 e. The molecule has 18 nitrogen and oxygen atoms in total. The van der Waals surface area contributed by atoms with Gasteiger partial charge in [0.1, 0.15) is 23.7 Å². The van der Waals surface area contributed by atoms with Crippen molar-refractivity contribution >= 4 is 58.4 Å². The number of hydrogen-bond acceptors (Lipinski definition) is 13. The predicted molar refractivity (Wildman–Crippen MR) is 339 cm³/mol. The fourth-order valence-corrected chi connectivity index (χ4v) is 14.9. The largest absolute Gasteiger partial charge is 0.494 e. The first-order valence-electron chi connectivity index (χ1n) is 31.4. The van der Waals surface area contributed by atoms with Crippen molar-refractivity contribution in [2.45, 2.75) is 166 Å². The number of carbonyl (C=O) groups is 6. The minimum Gasteiger partial charge on any atom is -0.494 e. The number of rotatable bonds is 19. The second-order valence-electron chi connectivity index (χ2n) is 26.0. The summed E-state index contributed by atoms with van der Waals surface area (Å²) in [7, 11) is 1.29. The lowest BCUT2D eigenvalue weighted by atomic mass is 9.77. The molecule has 3 saturated heterocycles. The number of halogens is 3. The second kappa shape index (κ2) is 27.8. The molecule has 5 heterocycles. The summed E-state index contributed by atoms with van der Waals surface area (Å²) in [4.78, 5) is 92.4. The summed E-state index contributed by atoms with van der Waals surface area (Å²) in [5.74, 6) is -4.70. The van der Waals surface area contributed by atoms with Crippen molar-refractivity contribution in [2.75, 3.05) is 46.4 Å². The summed E-state index contributed by atoms with van der Waals surface area (Å²) in [5.41, 5.74) is 9.30. The number of benzene rings is 4. The summed E-state index contributed by atoms with van der Waals surface area (Å²) in [6.45, 7) is 13.6. The fraction of sp³-hybridized carbons (Fsp3) is 0.515. The van der Waals surface area contributed by atoms with Gasteiger partial charge in [-0.25, -0.2) is 13.8 Å². The van der Waals surface area contributed by atoms with Gasteiger partial charge in [-0.3, -0.25) is 28.8 Å². The normalized spacial score (nSPS) is 23.0. The fourth-order valence-electron chi connectivity index (χ4n) is 13.8. The highest BCUT2D eigenvalue weighted by atomic mass is 35.5. The van der Waals surface area contributed by atoms with Crippen molar-refractivity contribution in [3.63, 3.8) is 0 Å². The number of ether oxygens (including phenoxy) is 3. The number of aryl methyl sites for hydroxylation is 1. The lowest BCUT2D eigenvalue weighted by Crippen LogP contribution is -2.58. The Hall–Kier alpha value is -7.04. The SMILES string of the molecule is COc1ccc(C(N)=O)c(-c2c(Cl)c(F)cc3c2[C@H](C)[C@@](CNC2CCC(C(=O)N4CCC(OC5CCN(C(=O)CCC(=O)N[C@H](C(=O)N6C[C@H](O)C[C@H]6C(=O)N[C@@H](C)c6ccc(-c7scnc7C)cc6)C(C)(C)C)CC5)CC4)CC2)(c2ccccc2)O3)c1F. The van der Waals surface area contributed by atoms with E-state index in [9.17, 15) is 33.9 Å². The molecule has 4 fully saturated rings. The number of fused-ring (bicyclic) bond motifs is 1. The second-order valence-corrected chi connectivity index (χ2v) is 27.2. The van der Waals surface area contributed by atoms with E-state index in [0.29, 0.717) is 70.3 Å². The number of aliphatic hydroxyl groups is 1. The number of amides is 6. The average Bonchev–Trinajstić information content (AvgIpc) is 1.54. The summed E-state index contributed by atoms with van der Waals surface area (Å²) in [5, 5.41) is 20.0. The molecule has 0 radical (unpaired) electrons. The first-order valence-corrected chi connectivity index (χ1v) is 32.7. The Morgan fingerprint density at radius 2 is 1.53 bits per heavy atom. The van der Waals surface area contributed by atoms with E-state index >= 15 is 8.78 Å². The predicted octanol–water partition coefficient (Wildman–Crippen LogP) is 9.51. The van der Waals surface area contributed by atoms with Gasteiger partial charge in [0.15, 0.2) is 17.2 Å². The first kappa shape index (κ1) is 65.9. The van der Waals surface area contributed by atoms with Gasteiger partial charge in [-0.1, -0.05) is 93.9 Å². The van der Waals surface area contributed by atoms with Crippen LogP contribution in [0.1, 0.15) is 150 Å². The third kappa shape index (κ3) is 14.0. The number of likely N-dealkylation sites (tertiary alicyclic amines) is 3. The van der Waals surface area contributed by atoms with Gasteiger partial charge in [-0.15, -0.1) is 11.3 Å². The van der Waals surface area contributed by atoms with Crippen LogP contribution in [-0.4, -0.2) is 143 Å². The molecule has 0 unspecified atom stereocenters. The number of nitrogens with two attached hydrogens (primary N) is 1. The van der Waals surface area contributed by atoms with Crippen LogP contribution in [0.5, 0.6) is 11.5 Å². The molecule has 6 atom stereocenters. The minimum absolute atomic E-state index is 0.0188. The molecule has 1 aliphatic carbocycles. The maximum absolute atomic E-state index is 16.3. The highest BCUT2D eigenvalue weighted by molar-refractivity contribution is 7.13. The van der Waals surface area contributed by atoms with Gasteiger partial charge in [-0.2, -0.15) is 0 Å². The third-order valence-electron chi connectivity index (χ3n) is 19.0. The van der Waals surface area contributed by atoms with Crippen LogP contribution in [0.25, 0.3) is 21.6 Å². The summed E-state index contributed by atoms with van der Waals surface area (Å²) in [6, 6.07) is 18.9.